The molecule has 208 valence electrons. The Morgan fingerprint density at radius 2 is 1.17 bits per heavy atom. The smallest absolute Gasteiger partial charge is 0.138 e. The molecule has 0 saturated carbocycles. The summed E-state index contributed by atoms with van der Waals surface area (Å²) in [7, 11) is 0. The van der Waals surface area contributed by atoms with Crippen molar-refractivity contribution >= 4 is 23.5 Å². The van der Waals surface area contributed by atoms with Crippen LogP contribution in [-0.2, 0) is 0 Å². The molecule has 5 heteroatoms. The van der Waals surface area contributed by atoms with E-state index in [1.54, 1.807) is 0 Å². The van der Waals surface area contributed by atoms with Crippen LogP contribution in [0.3, 0.4) is 0 Å². The Hall–Kier alpha value is -4.64. The van der Waals surface area contributed by atoms with Crippen LogP contribution in [0.1, 0.15) is 39.0 Å². The van der Waals surface area contributed by atoms with Gasteiger partial charge in [-0.05, 0) is 75.7 Å². The predicted octanol–water partition coefficient (Wildman–Crippen LogP) is 8.67. The maximum Gasteiger partial charge on any atom is 0.138 e. The number of aromatic nitrogens is 3. The Balaban J connectivity index is 1.50. The van der Waals surface area contributed by atoms with Gasteiger partial charge in [0.15, 0.2) is 0 Å². The topological polar surface area (TPSA) is 48.1 Å². The molecule has 41 heavy (non-hydrogen) atoms. The van der Waals surface area contributed by atoms with Gasteiger partial charge in [-0.15, -0.1) is 0 Å². The third kappa shape index (κ3) is 6.41. The van der Waals surface area contributed by atoms with Gasteiger partial charge in [-0.3, -0.25) is 4.98 Å². The van der Waals surface area contributed by atoms with E-state index in [0.717, 1.165) is 71.3 Å². The molecule has 5 rings (SSSR count). The van der Waals surface area contributed by atoms with E-state index in [9.17, 15) is 0 Å². The number of aromatic amines is 1. The van der Waals surface area contributed by atoms with Gasteiger partial charge in [0.2, 0.25) is 0 Å². The van der Waals surface area contributed by atoms with Crippen molar-refractivity contribution < 1.29 is 0 Å². The van der Waals surface area contributed by atoms with Crippen molar-refractivity contribution in [2.45, 2.75) is 27.7 Å². The molecule has 0 fully saturated rings. The molecule has 0 spiro atoms. The fourth-order valence-electron chi connectivity index (χ4n) is 5.18. The average Bonchev–Trinajstić information content (AvgIpc) is 3.48. The second-order valence-electron chi connectivity index (χ2n) is 9.96. The largest absolute Gasteiger partial charge is 0.372 e. The molecule has 0 aliphatic heterocycles. The van der Waals surface area contributed by atoms with Crippen molar-refractivity contribution in [2.24, 2.45) is 0 Å². The number of imidazole rings is 1. The third-order valence-electron chi connectivity index (χ3n) is 7.58. The van der Waals surface area contributed by atoms with E-state index >= 15 is 0 Å². The highest BCUT2D eigenvalue weighted by atomic mass is 15.1. The first-order valence-electron chi connectivity index (χ1n) is 14.6. The van der Waals surface area contributed by atoms with Gasteiger partial charge in [0.25, 0.3) is 0 Å². The van der Waals surface area contributed by atoms with E-state index in [0.29, 0.717) is 0 Å². The molecule has 0 aliphatic carbocycles. The quantitative estimate of drug-likeness (QED) is 0.182. The van der Waals surface area contributed by atoms with Crippen LogP contribution in [0, 0.1) is 0 Å². The molecule has 0 amide bonds. The number of anilines is 2. The minimum absolute atomic E-state index is 0.857. The molecule has 1 N–H and O–H groups in total. The Bertz CT molecular complexity index is 1470. The average molecular weight is 542 g/mol. The van der Waals surface area contributed by atoms with Gasteiger partial charge < -0.3 is 14.8 Å². The van der Waals surface area contributed by atoms with Crippen LogP contribution in [-0.4, -0.2) is 41.1 Å². The molecule has 0 saturated heterocycles. The maximum atomic E-state index is 5.15. The van der Waals surface area contributed by atoms with E-state index in [1.807, 2.05) is 30.5 Å². The van der Waals surface area contributed by atoms with Crippen LogP contribution in [0.25, 0.3) is 46.1 Å². The molecule has 0 unspecified atom stereocenters. The Labute approximate surface area is 244 Å². The number of H-pyrrole nitrogens is 1. The van der Waals surface area contributed by atoms with Crippen molar-refractivity contribution in [2.75, 3.05) is 36.0 Å². The van der Waals surface area contributed by atoms with Crippen LogP contribution in [0.15, 0.2) is 97.2 Å². The van der Waals surface area contributed by atoms with Crippen molar-refractivity contribution in [1.29, 1.82) is 0 Å². The molecule has 2 heterocycles. The first-order chi connectivity index (χ1) is 20.1. The van der Waals surface area contributed by atoms with Crippen molar-refractivity contribution in [3.8, 4) is 33.9 Å². The number of pyridine rings is 1. The Morgan fingerprint density at radius 1 is 0.610 bits per heavy atom. The maximum absolute atomic E-state index is 5.15. The summed E-state index contributed by atoms with van der Waals surface area (Å²) < 4.78 is 0. The summed E-state index contributed by atoms with van der Waals surface area (Å²) >= 11 is 0. The number of benzene rings is 3. The summed E-state index contributed by atoms with van der Waals surface area (Å²) in [6.45, 7) is 12.7. The molecular weight excluding hydrogens is 502 g/mol. The van der Waals surface area contributed by atoms with Crippen LogP contribution in [0.5, 0.6) is 0 Å². The minimum atomic E-state index is 0.857. The zero-order valence-electron chi connectivity index (χ0n) is 24.5. The molecule has 2 aromatic heterocycles. The van der Waals surface area contributed by atoms with E-state index < -0.39 is 0 Å². The van der Waals surface area contributed by atoms with Gasteiger partial charge in [-0.2, -0.15) is 0 Å². The molecule has 0 radical (unpaired) electrons. The number of nitrogens with zero attached hydrogens (tertiary/aromatic N) is 4. The molecule has 3 aromatic carbocycles. The first kappa shape index (κ1) is 27.9. The predicted molar refractivity (Wildman–Crippen MR) is 175 cm³/mol. The van der Waals surface area contributed by atoms with E-state index in [-0.39, 0.29) is 0 Å². The molecule has 0 atom stereocenters. The lowest BCUT2D eigenvalue weighted by Crippen LogP contribution is -2.21. The van der Waals surface area contributed by atoms with E-state index in [4.69, 9.17) is 4.98 Å². The normalized spacial score (nSPS) is 11.2. The second-order valence-corrected chi connectivity index (χ2v) is 9.96. The van der Waals surface area contributed by atoms with Crippen molar-refractivity contribution in [3.05, 3.63) is 108 Å². The summed E-state index contributed by atoms with van der Waals surface area (Å²) in [4.78, 5) is 17.9. The summed E-state index contributed by atoms with van der Waals surface area (Å²) in [6, 6.07) is 32.0. The van der Waals surface area contributed by atoms with Gasteiger partial charge in [0.05, 0.1) is 17.1 Å². The second kappa shape index (κ2) is 13.1. The van der Waals surface area contributed by atoms with Gasteiger partial charge >= 0.3 is 0 Å². The lowest BCUT2D eigenvalue weighted by atomic mass is 10.0. The first-order valence-corrected chi connectivity index (χ1v) is 14.6. The number of rotatable bonds is 11. The van der Waals surface area contributed by atoms with Crippen LogP contribution in [0.2, 0.25) is 0 Å². The Morgan fingerprint density at radius 3 is 1.71 bits per heavy atom. The molecule has 0 bridgehead atoms. The van der Waals surface area contributed by atoms with Gasteiger partial charge in [0, 0.05) is 60.4 Å². The standard InChI is InChI=1S/C36H39N5/c1-5-40(6-2)32-22-17-28(18-23-32)34-35(29-19-24-33(25-20-29)41(7-3)8-4)39-36(38-34)30-15-12-27(13-16-30)14-21-31-11-9-10-26-37-31/h9-26H,5-8H2,1-4H3,(H,38,39)/b21-14+. The fraction of sp³-hybridized carbons (Fsp3) is 0.222. The highest BCUT2D eigenvalue weighted by Crippen LogP contribution is 2.35. The summed E-state index contributed by atoms with van der Waals surface area (Å²) in [5.41, 5.74) is 9.78. The number of nitrogens with one attached hydrogen (secondary N) is 1. The van der Waals surface area contributed by atoms with E-state index in [1.165, 1.54) is 11.4 Å². The summed E-state index contributed by atoms with van der Waals surface area (Å²) in [5.74, 6) is 0.857. The summed E-state index contributed by atoms with van der Waals surface area (Å²) in [5, 5.41) is 0. The van der Waals surface area contributed by atoms with Crippen LogP contribution < -0.4 is 9.80 Å². The molecular formula is C36H39N5. The van der Waals surface area contributed by atoms with Gasteiger partial charge in [0.1, 0.15) is 5.82 Å². The molecule has 0 aliphatic rings. The fourth-order valence-corrected chi connectivity index (χ4v) is 5.18. The highest BCUT2D eigenvalue weighted by molar-refractivity contribution is 5.82. The SMILES string of the molecule is CCN(CC)c1ccc(-c2nc(-c3ccc(/C=C/c4ccccn4)cc3)[nH]c2-c2ccc(N(CC)CC)cc2)cc1. The molecule has 5 nitrogen and oxygen atoms in total. The van der Waals surface area contributed by atoms with Crippen molar-refractivity contribution in [3.63, 3.8) is 0 Å². The Kier molecular flexibility index (Phi) is 8.95. The monoisotopic (exact) mass is 541 g/mol. The number of hydrogen-bond acceptors (Lipinski definition) is 4. The number of hydrogen-bond donors (Lipinski definition) is 1. The third-order valence-corrected chi connectivity index (χ3v) is 7.58. The molecule has 5 aromatic rings. The summed E-state index contributed by atoms with van der Waals surface area (Å²) in [6.07, 6.45) is 5.92. The van der Waals surface area contributed by atoms with Crippen LogP contribution >= 0.6 is 0 Å². The van der Waals surface area contributed by atoms with Gasteiger partial charge in [-0.25, -0.2) is 4.98 Å². The zero-order valence-corrected chi connectivity index (χ0v) is 24.5. The van der Waals surface area contributed by atoms with Crippen LogP contribution in [0.4, 0.5) is 11.4 Å². The lowest BCUT2D eigenvalue weighted by molar-refractivity contribution is 0.866. The van der Waals surface area contributed by atoms with Gasteiger partial charge in [-0.1, -0.05) is 60.7 Å². The zero-order chi connectivity index (χ0) is 28.6. The lowest BCUT2D eigenvalue weighted by Gasteiger charge is -2.21. The highest BCUT2D eigenvalue weighted by Gasteiger charge is 2.16. The minimum Gasteiger partial charge on any atom is -0.372 e. The van der Waals surface area contributed by atoms with E-state index in [2.05, 4.69) is 126 Å². The van der Waals surface area contributed by atoms with Crippen molar-refractivity contribution in [1.82, 2.24) is 15.0 Å².